The summed E-state index contributed by atoms with van der Waals surface area (Å²) in [6.07, 6.45) is -1.10. The summed E-state index contributed by atoms with van der Waals surface area (Å²) in [4.78, 5) is 49.0. The summed E-state index contributed by atoms with van der Waals surface area (Å²) in [5.41, 5.74) is 1.64. The van der Waals surface area contributed by atoms with Crippen LogP contribution in [0.15, 0.2) is 24.3 Å². The van der Waals surface area contributed by atoms with E-state index >= 15 is 0 Å². The van der Waals surface area contributed by atoms with Gasteiger partial charge in [0.25, 0.3) is 5.91 Å². The molecular formula is C20H22N2O5S. The predicted molar refractivity (Wildman–Crippen MR) is 108 cm³/mol. The Bertz CT molecular complexity index is 948. The molecule has 0 saturated carbocycles. The van der Waals surface area contributed by atoms with E-state index in [9.17, 15) is 19.2 Å². The fourth-order valence-corrected chi connectivity index (χ4v) is 3.62. The second-order valence-electron chi connectivity index (χ2n) is 6.31. The van der Waals surface area contributed by atoms with Crippen LogP contribution in [0.25, 0.3) is 0 Å². The van der Waals surface area contributed by atoms with Gasteiger partial charge in [0.2, 0.25) is 5.91 Å². The van der Waals surface area contributed by atoms with E-state index < -0.39 is 18.0 Å². The summed E-state index contributed by atoms with van der Waals surface area (Å²) < 4.78 is 5.31. The second kappa shape index (κ2) is 8.79. The van der Waals surface area contributed by atoms with Gasteiger partial charge in [-0.25, -0.2) is 4.79 Å². The standard InChI is InChI=1S/C20H22N2O5S/c1-10-13(4)28-19(21-14(5)24)17(10)20(26)27-12(3)18(25)22-16-9-7-6-8-15(16)11(2)23/h6-9,12H,1-5H3,(H,21,24)(H,22,25). The van der Waals surface area contributed by atoms with Gasteiger partial charge in [0.1, 0.15) is 5.00 Å². The number of nitrogens with one attached hydrogen (secondary N) is 2. The van der Waals surface area contributed by atoms with E-state index in [1.54, 1.807) is 31.2 Å². The molecule has 2 rings (SSSR count). The molecule has 1 atom stereocenters. The Kier molecular flexibility index (Phi) is 6.69. The van der Waals surface area contributed by atoms with Crippen LogP contribution in [0.5, 0.6) is 0 Å². The van der Waals surface area contributed by atoms with Crippen molar-refractivity contribution in [3.63, 3.8) is 0 Å². The highest BCUT2D eigenvalue weighted by Crippen LogP contribution is 2.33. The largest absolute Gasteiger partial charge is 0.449 e. The minimum atomic E-state index is -1.10. The average molecular weight is 402 g/mol. The molecule has 0 spiro atoms. The van der Waals surface area contributed by atoms with E-state index in [1.807, 2.05) is 6.92 Å². The molecule has 28 heavy (non-hydrogen) atoms. The van der Waals surface area contributed by atoms with E-state index in [4.69, 9.17) is 4.74 Å². The fraction of sp³-hybridized carbons (Fsp3) is 0.300. The first kappa shape index (κ1) is 21.3. The minimum absolute atomic E-state index is 0.190. The number of hydrogen-bond acceptors (Lipinski definition) is 6. The summed E-state index contributed by atoms with van der Waals surface area (Å²) in [5, 5.41) is 5.62. The smallest absolute Gasteiger partial charge is 0.342 e. The van der Waals surface area contributed by atoms with Crippen molar-refractivity contribution in [3.8, 4) is 0 Å². The summed E-state index contributed by atoms with van der Waals surface area (Å²) in [5.74, 6) is -1.76. The Morgan fingerprint density at radius 1 is 1.04 bits per heavy atom. The Morgan fingerprint density at radius 2 is 1.68 bits per heavy atom. The third kappa shape index (κ3) is 4.83. The highest BCUT2D eigenvalue weighted by Gasteiger charge is 2.26. The van der Waals surface area contributed by atoms with Crippen molar-refractivity contribution in [2.24, 2.45) is 0 Å². The van der Waals surface area contributed by atoms with Crippen molar-refractivity contribution in [1.29, 1.82) is 0 Å². The molecule has 2 aromatic rings. The fourth-order valence-electron chi connectivity index (χ4n) is 2.53. The summed E-state index contributed by atoms with van der Waals surface area (Å²) in [6.45, 7) is 7.77. The maximum Gasteiger partial charge on any atom is 0.342 e. The number of thiophene rings is 1. The monoisotopic (exact) mass is 402 g/mol. The van der Waals surface area contributed by atoms with Crippen LogP contribution >= 0.6 is 11.3 Å². The number of anilines is 2. The lowest BCUT2D eigenvalue weighted by molar-refractivity contribution is -0.123. The number of benzene rings is 1. The van der Waals surface area contributed by atoms with E-state index in [1.165, 1.54) is 32.1 Å². The Balaban J connectivity index is 2.16. The SMILES string of the molecule is CC(=O)Nc1sc(C)c(C)c1C(=O)OC(C)C(=O)Nc1ccccc1C(C)=O. The first-order valence-electron chi connectivity index (χ1n) is 8.61. The molecule has 2 N–H and O–H groups in total. The molecule has 0 aliphatic rings. The van der Waals surface area contributed by atoms with Gasteiger partial charge in [-0.2, -0.15) is 0 Å². The molecule has 1 aromatic carbocycles. The van der Waals surface area contributed by atoms with Gasteiger partial charge in [0, 0.05) is 17.4 Å². The van der Waals surface area contributed by atoms with Gasteiger partial charge in [-0.05, 0) is 45.4 Å². The van der Waals surface area contributed by atoms with Gasteiger partial charge in [-0.1, -0.05) is 12.1 Å². The van der Waals surface area contributed by atoms with E-state index in [0.717, 1.165) is 4.88 Å². The third-order valence-electron chi connectivity index (χ3n) is 4.10. The van der Waals surface area contributed by atoms with Crippen LogP contribution in [0.3, 0.4) is 0 Å². The molecule has 148 valence electrons. The number of carbonyl (C=O) groups is 4. The van der Waals surface area contributed by atoms with Crippen LogP contribution in [0, 0.1) is 13.8 Å². The lowest BCUT2D eigenvalue weighted by Crippen LogP contribution is -2.30. The molecule has 0 fully saturated rings. The number of ketones is 1. The quantitative estimate of drug-likeness (QED) is 0.566. The van der Waals surface area contributed by atoms with Crippen LogP contribution in [0.1, 0.15) is 51.9 Å². The van der Waals surface area contributed by atoms with Gasteiger partial charge >= 0.3 is 5.97 Å². The molecule has 8 heteroatoms. The minimum Gasteiger partial charge on any atom is -0.449 e. The molecule has 0 aliphatic carbocycles. The maximum absolute atomic E-state index is 12.6. The van der Waals surface area contributed by atoms with Crippen molar-refractivity contribution in [2.45, 2.75) is 40.7 Å². The number of aryl methyl sites for hydroxylation is 1. The predicted octanol–water partition coefficient (Wildman–Crippen LogP) is 3.71. The molecule has 7 nitrogen and oxygen atoms in total. The average Bonchev–Trinajstić information content (AvgIpc) is 2.88. The van der Waals surface area contributed by atoms with Crippen molar-refractivity contribution < 1.29 is 23.9 Å². The number of carbonyl (C=O) groups excluding carboxylic acids is 4. The van der Waals surface area contributed by atoms with Crippen molar-refractivity contribution in [2.75, 3.05) is 10.6 Å². The zero-order chi connectivity index (χ0) is 21.0. The van der Waals surface area contributed by atoms with Gasteiger partial charge in [-0.15, -0.1) is 11.3 Å². The number of esters is 1. The first-order chi connectivity index (χ1) is 13.1. The number of Topliss-reactive ketones (excluding diaryl/α,β-unsaturated/α-hetero) is 1. The van der Waals surface area contributed by atoms with Crippen LogP contribution in [0.4, 0.5) is 10.7 Å². The molecular weight excluding hydrogens is 380 g/mol. The zero-order valence-corrected chi connectivity index (χ0v) is 17.2. The Morgan fingerprint density at radius 3 is 2.29 bits per heavy atom. The number of para-hydroxylation sites is 1. The molecule has 0 aliphatic heterocycles. The van der Waals surface area contributed by atoms with E-state index in [0.29, 0.717) is 21.8 Å². The molecule has 0 saturated heterocycles. The zero-order valence-electron chi connectivity index (χ0n) is 16.3. The Labute approximate surface area is 167 Å². The normalized spacial score (nSPS) is 11.5. The molecule has 0 bridgehead atoms. The number of rotatable bonds is 6. The van der Waals surface area contributed by atoms with Gasteiger partial charge in [-0.3, -0.25) is 14.4 Å². The topological polar surface area (TPSA) is 102 Å². The lowest BCUT2D eigenvalue weighted by Gasteiger charge is -2.15. The van der Waals surface area contributed by atoms with Crippen molar-refractivity contribution in [3.05, 3.63) is 45.8 Å². The van der Waals surface area contributed by atoms with Crippen LogP contribution in [0.2, 0.25) is 0 Å². The van der Waals surface area contributed by atoms with Gasteiger partial charge in [0.05, 0.1) is 11.3 Å². The van der Waals surface area contributed by atoms with Crippen molar-refractivity contribution >= 4 is 45.6 Å². The Hall–Kier alpha value is -3.00. The molecule has 0 radical (unpaired) electrons. The molecule has 1 heterocycles. The highest BCUT2D eigenvalue weighted by atomic mass is 32.1. The number of hydrogen-bond donors (Lipinski definition) is 2. The first-order valence-corrected chi connectivity index (χ1v) is 9.42. The summed E-state index contributed by atoms with van der Waals surface area (Å²) in [7, 11) is 0. The number of ether oxygens (including phenoxy) is 1. The maximum atomic E-state index is 12.6. The van der Waals surface area contributed by atoms with Gasteiger partial charge in [0.15, 0.2) is 11.9 Å². The lowest BCUT2D eigenvalue weighted by atomic mass is 10.1. The van der Waals surface area contributed by atoms with E-state index in [2.05, 4.69) is 10.6 Å². The molecule has 1 unspecified atom stereocenters. The van der Waals surface area contributed by atoms with Gasteiger partial charge < -0.3 is 15.4 Å². The summed E-state index contributed by atoms with van der Waals surface area (Å²) >= 11 is 1.27. The summed E-state index contributed by atoms with van der Waals surface area (Å²) in [6, 6.07) is 6.59. The van der Waals surface area contributed by atoms with Crippen LogP contribution in [-0.2, 0) is 14.3 Å². The number of amides is 2. The van der Waals surface area contributed by atoms with Crippen molar-refractivity contribution in [1.82, 2.24) is 0 Å². The van der Waals surface area contributed by atoms with Crippen LogP contribution in [-0.4, -0.2) is 29.7 Å². The van der Waals surface area contributed by atoms with Crippen LogP contribution < -0.4 is 10.6 Å². The second-order valence-corrected chi connectivity index (χ2v) is 7.53. The third-order valence-corrected chi connectivity index (χ3v) is 5.22. The molecule has 1 aromatic heterocycles. The van der Waals surface area contributed by atoms with E-state index in [-0.39, 0.29) is 17.3 Å². The highest BCUT2D eigenvalue weighted by molar-refractivity contribution is 7.16. The molecule has 2 amide bonds.